The topological polar surface area (TPSA) is 96.0 Å². The summed E-state index contributed by atoms with van der Waals surface area (Å²) in [6, 6.07) is 12.0. The standard InChI is InChI=1S/C28H39N3O5S/c1-20-11-9-16-26(21(20)2)31(37(5,34)35)19-27(32)30(18-23-12-10-15-25(17-23)36-4)22(3)28(33)29-24-13-7-6-8-14-24/h9-12,15-17,22,24H,6-8,13-14,18-19H2,1-5H3,(H,29,33). The van der Waals surface area contributed by atoms with E-state index in [9.17, 15) is 18.0 Å². The Labute approximate surface area is 221 Å². The van der Waals surface area contributed by atoms with E-state index in [2.05, 4.69) is 5.32 Å². The number of nitrogens with one attached hydrogen (secondary N) is 1. The summed E-state index contributed by atoms with van der Waals surface area (Å²) in [4.78, 5) is 28.5. The zero-order valence-corrected chi connectivity index (χ0v) is 23.3. The van der Waals surface area contributed by atoms with Gasteiger partial charge in [0.2, 0.25) is 21.8 Å². The van der Waals surface area contributed by atoms with Gasteiger partial charge in [-0.15, -0.1) is 0 Å². The van der Waals surface area contributed by atoms with Gasteiger partial charge in [0.15, 0.2) is 0 Å². The maximum absolute atomic E-state index is 13.8. The Morgan fingerprint density at radius 1 is 1.08 bits per heavy atom. The zero-order chi connectivity index (χ0) is 27.2. The van der Waals surface area contributed by atoms with Crippen LogP contribution in [0.1, 0.15) is 55.7 Å². The molecule has 0 bridgehead atoms. The highest BCUT2D eigenvalue weighted by atomic mass is 32.2. The molecule has 1 unspecified atom stereocenters. The molecular formula is C28H39N3O5S. The molecule has 1 aliphatic rings. The van der Waals surface area contributed by atoms with Crippen molar-refractivity contribution in [1.82, 2.24) is 10.2 Å². The number of sulfonamides is 1. The first-order valence-electron chi connectivity index (χ1n) is 12.8. The maximum atomic E-state index is 13.8. The summed E-state index contributed by atoms with van der Waals surface area (Å²) in [7, 11) is -2.21. The average Bonchev–Trinajstić information content (AvgIpc) is 2.87. The van der Waals surface area contributed by atoms with Gasteiger partial charge in [-0.2, -0.15) is 0 Å². The summed E-state index contributed by atoms with van der Waals surface area (Å²) in [5.74, 6) is -0.0569. The van der Waals surface area contributed by atoms with Gasteiger partial charge in [-0.1, -0.05) is 43.5 Å². The lowest BCUT2D eigenvalue weighted by Crippen LogP contribution is -2.53. The number of hydrogen-bond donors (Lipinski definition) is 1. The molecule has 0 spiro atoms. The van der Waals surface area contributed by atoms with E-state index in [4.69, 9.17) is 4.74 Å². The van der Waals surface area contributed by atoms with E-state index in [1.54, 1.807) is 32.2 Å². The van der Waals surface area contributed by atoms with Gasteiger partial charge in [0.25, 0.3) is 0 Å². The monoisotopic (exact) mass is 529 g/mol. The van der Waals surface area contributed by atoms with Crippen LogP contribution in [-0.2, 0) is 26.2 Å². The number of amides is 2. The lowest BCUT2D eigenvalue weighted by Gasteiger charge is -2.33. The molecule has 2 aromatic rings. The Kier molecular flexibility index (Phi) is 9.59. The summed E-state index contributed by atoms with van der Waals surface area (Å²) in [5, 5.41) is 3.10. The van der Waals surface area contributed by atoms with Crippen molar-refractivity contribution in [1.29, 1.82) is 0 Å². The molecule has 0 aliphatic heterocycles. The largest absolute Gasteiger partial charge is 0.497 e. The molecule has 1 atom stereocenters. The van der Waals surface area contributed by atoms with E-state index in [0.29, 0.717) is 11.4 Å². The predicted molar refractivity (Wildman–Crippen MR) is 146 cm³/mol. The molecule has 2 aromatic carbocycles. The highest BCUT2D eigenvalue weighted by Crippen LogP contribution is 2.26. The first-order valence-corrected chi connectivity index (χ1v) is 14.6. The SMILES string of the molecule is COc1cccc(CN(C(=O)CN(c2cccc(C)c2C)S(C)(=O)=O)C(C)C(=O)NC2CCCCC2)c1. The number of carbonyl (C=O) groups excluding carboxylic acids is 2. The highest BCUT2D eigenvalue weighted by Gasteiger charge is 2.31. The van der Waals surface area contributed by atoms with Gasteiger partial charge >= 0.3 is 0 Å². The molecule has 1 saturated carbocycles. The molecule has 9 heteroatoms. The zero-order valence-electron chi connectivity index (χ0n) is 22.5. The molecule has 8 nitrogen and oxygen atoms in total. The second-order valence-electron chi connectivity index (χ2n) is 9.88. The van der Waals surface area contributed by atoms with Crippen molar-refractivity contribution in [3.8, 4) is 5.75 Å². The number of rotatable bonds is 10. The summed E-state index contributed by atoms with van der Waals surface area (Å²) in [6.07, 6.45) is 6.26. The number of hydrogen-bond acceptors (Lipinski definition) is 5. The number of carbonyl (C=O) groups is 2. The van der Waals surface area contributed by atoms with Crippen LogP contribution in [0.2, 0.25) is 0 Å². The fourth-order valence-corrected chi connectivity index (χ4v) is 5.62. The minimum absolute atomic E-state index is 0.0972. The third-order valence-corrected chi connectivity index (χ3v) is 8.26. The Morgan fingerprint density at radius 2 is 1.76 bits per heavy atom. The smallest absolute Gasteiger partial charge is 0.244 e. The molecule has 0 saturated heterocycles. The number of nitrogens with zero attached hydrogens (tertiary/aromatic N) is 2. The van der Waals surface area contributed by atoms with Crippen molar-refractivity contribution >= 4 is 27.5 Å². The molecule has 0 heterocycles. The van der Waals surface area contributed by atoms with E-state index < -0.39 is 28.5 Å². The molecule has 1 fully saturated rings. The minimum Gasteiger partial charge on any atom is -0.497 e. The van der Waals surface area contributed by atoms with Gasteiger partial charge in [-0.3, -0.25) is 13.9 Å². The predicted octanol–water partition coefficient (Wildman–Crippen LogP) is 3.94. The molecule has 0 aromatic heterocycles. The third-order valence-electron chi connectivity index (χ3n) is 7.13. The number of methoxy groups -OCH3 is 1. The van der Waals surface area contributed by atoms with Crippen LogP contribution in [0, 0.1) is 13.8 Å². The Balaban J connectivity index is 1.91. The highest BCUT2D eigenvalue weighted by molar-refractivity contribution is 7.92. The second-order valence-corrected chi connectivity index (χ2v) is 11.8. The van der Waals surface area contributed by atoms with Crippen LogP contribution in [0.3, 0.4) is 0 Å². The van der Waals surface area contributed by atoms with Crippen LogP contribution in [0.4, 0.5) is 5.69 Å². The first-order chi connectivity index (χ1) is 17.5. The summed E-state index contributed by atoms with van der Waals surface area (Å²) < 4.78 is 32.1. The van der Waals surface area contributed by atoms with Crippen molar-refractivity contribution in [2.45, 2.75) is 71.5 Å². The van der Waals surface area contributed by atoms with Crippen molar-refractivity contribution in [3.05, 3.63) is 59.2 Å². The van der Waals surface area contributed by atoms with Crippen molar-refractivity contribution in [2.24, 2.45) is 0 Å². The van der Waals surface area contributed by atoms with Crippen molar-refractivity contribution in [3.63, 3.8) is 0 Å². The average molecular weight is 530 g/mol. The lowest BCUT2D eigenvalue weighted by atomic mass is 9.95. The van der Waals surface area contributed by atoms with Gasteiger partial charge in [-0.05, 0) is 68.5 Å². The Hall–Kier alpha value is -3.07. The Bertz CT molecular complexity index is 1210. The second kappa shape index (κ2) is 12.4. The van der Waals surface area contributed by atoms with E-state index in [1.165, 1.54) is 11.3 Å². The van der Waals surface area contributed by atoms with Crippen LogP contribution in [0.25, 0.3) is 0 Å². The maximum Gasteiger partial charge on any atom is 0.244 e. The third kappa shape index (κ3) is 7.47. The van der Waals surface area contributed by atoms with E-state index in [-0.39, 0.29) is 18.5 Å². The number of benzene rings is 2. The quantitative estimate of drug-likeness (QED) is 0.503. The molecule has 1 N–H and O–H groups in total. The molecule has 202 valence electrons. The van der Waals surface area contributed by atoms with Crippen LogP contribution >= 0.6 is 0 Å². The fraction of sp³-hybridized carbons (Fsp3) is 0.500. The molecule has 0 radical (unpaired) electrons. The molecule has 3 rings (SSSR count). The van der Waals surface area contributed by atoms with E-state index in [0.717, 1.165) is 52.9 Å². The summed E-state index contributed by atoms with van der Waals surface area (Å²) >= 11 is 0. The number of ether oxygens (including phenoxy) is 1. The summed E-state index contributed by atoms with van der Waals surface area (Å²) in [5.41, 5.74) is 2.94. The van der Waals surface area contributed by atoms with Gasteiger partial charge in [0, 0.05) is 12.6 Å². The first kappa shape index (κ1) is 28.5. The van der Waals surface area contributed by atoms with Gasteiger partial charge in [0.1, 0.15) is 18.3 Å². The summed E-state index contributed by atoms with van der Waals surface area (Å²) in [6.45, 7) is 5.15. The molecule has 37 heavy (non-hydrogen) atoms. The van der Waals surface area contributed by atoms with Crippen LogP contribution in [0.5, 0.6) is 5.75 Å². The number of aryl methyl sites for hydroxylation is 1. The normalized spacial score (nSPS) is 15.1. The number of anilines is 1. The van der Waals surface area contributed by atoms with E-state index in [1.807, 2.05) is 38.1 Å². The van der Waals surface area contributed by atoms with Crippen molar-refractivity contribution < 1.29 is 22.7 Å². The van der Waals surface area contributed by atoms with Gasteiger partial charge in [0.05, 0.1) is 19.1 Å². The van der Waals surface area contributed by atoms with Crippen molar-refractivity contribution in [2.75, 3.05) is 24.2 Å². The lowest BCUT2D eigenvalue weighted by molar-refractivity contribution is -0.139. The molecule has 2 amide bonds. The van der Waals surface area contributed by atoms with Gasteiger partial charge in [-0.25, -0.2) is 8.42 Å². The molecule has 1 aliphatic carbocycles. The van der Waals surface area contributed by atoms with Crippen LogP contribution in [-0.4, -0.2) is 57.1 Å². The van der Waals surface area contributed by atoms with Gasteiger partial charge < -0.3 is 15.0 Å². The Morgan fingerprint density at radius 3 is 2.41 bits per heavy atom. The van der Waals surface area contributed by atoms with Crippen LogP contribution in [0.15, 0.2) is 42.5 Å². The fourth-order valence-electron chi connectivity index (χ4n) is 4.72. The van der Waals surface area contributed by atoms with Crippen LogP contribution < -0.4 is 14.4 Å². The minimum atomic E-state index is -3.77. The van der Waals surface area contributed by atoms with E-state index >= 15 is 0 Å². The molecular weight excluding hydrogens is 490 g/mol.